The van der Waals surface area contributed by atoms with Gasteiger partial charge in [0.15, 0.2) is 5.17 Å². The molecule has 0 saturated carbocycles. The summed E-state index contributed by atoms with van der Waals surface area (Å²) in [6.07, 6.45) is -2.26. The zero-order valence-corrected chi connectivity index (χ0v) is 20.2. The Morgan fingerprint density at radius 2 is 2.03 bits per heavy atom. The molecule has 2 aromatic carbocycles. The lowest BCUT2D eigenvalue weighted by atomic mass is 10.1. The van der Waals surface area contributed by atoms with Crippen molar-refractivity contribution in [1.29, 1.82) is 0 Å². The number of ether oxygens (including phenoxy) is 1. The Morgan fingerprint density at radius 1 is 1.25 bits per heavy atom. The van der Waals surface area contributed by atoms with E-state index in [4.69, 9.17) is 9.84 Å². The van der Waals surface area contributed by atoms with Gasteiger partial charge in [-0.25, -0.2) is 0 Å². The second kappa shape index (κ2) is 10.3. The first-order chi connectivity index (χ1) is 17.1. The molecular weight excluding hydrogens is 497 g/mol. The minimum atomic E-state index is -4.54. The van der Waals surface area contributed by atoms with Crippen LogP contribution < -0.4 is 4.74 Å². The Labute approximate surface area is 208 Å². The number of amidine groups is 1. The summed E-state index contributed by atoms with van der Waals surface area (Å²) in [7, 11) is 2.97. The molecule has 190 valence electrons. The number of halogens is 3. The van der Waals surface area contributed by atoms with Gasteiger partial charge in [0.05, 0.1) is 48.5 Å². The summed E-state index contributed by atoms with van der Waals surface area (Å²) < 4.78 is 47.2. The average Bonchev–Trinajstić information content (AvgIpc) is 3.41. The molecule has 1 amide bonds. The number of amides is 1. The van der Waals surface area contributed by atoms with Gasteiger partial charge in [0.2, 0.25) is 0 Å². The van der Waals surface area contributed by atoms with Crippen LogP contribution in [0.4, 0.5) is 13.2 Å². The van der Waals surface area contributed by atoms with Crippen molar-refractivity contribution in [2.24, 2.45) is 4.99 Å². The van der Waals surface area contributed by atoms with Crippen LogP contribution in [-0.4, -0.2) is 69.4 Å². The fourth-order valence-electron chi connectivity index (χ4n) is 3.73. The van der Waals surface area contributed by atoms with Gasteiger partial charge in [-0.3, -0.25) is 9.48 Å². The summed E-state index contributed by atoms with van der Waals surface area (Å²) >= 11 is 1.15. The van der Waals surface area contributed by atoms with E-state index in [-0.39, 0.29) is 24.4 Å². The molecule has 0 bridgehead atoms. The van der Waals surface area contributed by atoms with Gasteiger partial charge in [-0.15, -0.1) is 0 Å². The third kappa shape index (κ3) is 5.55. The van der Waals surface area contributed by atoms with Crippen LogP contribution in [0, 0.1) is 0 Å². The number of aliphatic hydroxyl groups is 2. The summed E-state index contributed by atoms with van der Waals surface area (Å²) in [5.41, 5.74) is 0.623. The molecule has 1 atom stereocenters. The van der Waals surface area contributed by atoms with Gasteiger partial charge >= 0.3 is 6.18 Å². The van der Waals surface area contributed by atoms with Crippen molar-refractivity contribution >= 4 is 39.8 Å². The van der Waals surface area contributed by atoms with Crippen molar-refractivity contribution in [2.75, 3.05) is 27.3 Å². The number of hydrogen-bond donors (Lipinski definition) is 2. The number of aliphatic imine (C=N–C) groups is 1. The standard InChI is InChI=1S/C24H23F3N4O4S/c1-30(12-17(33)13-32)23-29-22(34)21(36-23)8-14-3-6-20-16(7-14)10-28-31(20)11-15-4-5-18(35-2)9-19(15)24(25,26)27/h3-10,17,32-33H,11-13H2,1-2H3/b21-8-. The molecule has 1 aliphatic heterocycles. The number of methoxy groups -OCH3 is 1. The number of likely N-dealkylation sites (N-methyl/N-ethyl adjacent to an activating group) is 1. The maximum atomic E-state index is 13.6. The van der Waals surface area contributed by atoms with E-state index in [9.17, 15) is 23.1 Å². The first-order valence-electron chi connectivity index (χ1n) is 10.8. The van der Waals surface area contributed by atoms with Crippen LogP contribution in [0.1, 0.15) is 16.7 Å². The molecule has 2 heterocycles. The third-order valence-electron chi connectivity index (χ3n) is 5.54. The quantitative estimate of drug-likeness (QED) is 0.461. The van der Waals surface area contributed by atoms with E-state index >= 15 is 0 Å². The maximum Gasteiger partial charge on any atom is 0.416 e. The molecule has 8 nitrogen and oxygen atoms in total. The lowest BCUT2D eigenvalue weighted by molar-refractivity contribution is -0.138. The van der Waals surface area contributed by atoms with Crippen LogP contribution in [0.15, 0.2) is 52.5 Å². The number of hydrogen-bond acceptors (Lipinski definition) is 7. The molecule has 3 aromatic rings. The van der Waals surface area contributed by atoms with Gasteiger partial charge in [-0.2, -0.15) is 23.3 Å². The average molecular weight is 521 g/mol. The molecule has 4 rings (SSSR count). The largest absolute Gasteiger partial charge is 0.497 e. The number of fused-ring (bicyclic) bond motifs is 1. The highest BCUT2D eigenvalue weighted by molar-refractivity contribution is 8.18. The molecule has 0 aliphatic carbocycles. The predicted molar refractivity (Wildman–Crippen MR) is 131 cm³/mol. The topological polar surface area (TPSA) is 100 Å². The van der Waals surface area contributed by atoms with E-state index < -0.39 is 30.4 Å². The van der Waals surface area contributed by atoms with Gasteiger partial charge in [0.1, 0.15) is 5.75 Å². The predicted octanol–water partition coefficient (Wildman–Crippen LogP) is 3.37. The van der Waals surface area contributed by atoms with Crippen LogP contribution in [0.25, 0.3) is 17.0 Å². The molecule has 0 fully saturated rings. The van der Waals surface area contributed by atoms with Crippen molar-refractivity contribution < 1.29 is 32.9 Å². The SMILES string of the molecule is COc1ccc(Cn2ncc3cc(/C=C4\SC(N(C)CC(O)CO)=NC4=O)ccc32)c(C(F)(F)F)c1. The minimum Gasteiger partial charge on any atom is -0.497 e. The first-order valence-corrected chi connectivity index (χ1v) is 11.6. The van der Waals surface area contributed by atoms with E-state index in [1.54, 1.807) is 42.4 Å². The zero-order valence-electron chi connectivity index (χ0n) is 19.4. The van der Waals surface area contributed by atoms with Gasteiger partial charge in [0.25, 0.3) is 5.91 Å². The summed E-state index contributed by atoms with van der Waals surface area (Å²) in [6.45, 7) is -0.360. The molecule has 0 radical (unpaired) electrons. The third-order valence-corrected chi connectivity index (χ3v) is 6.64. The van der Waals surface area contributed by atoms with Gasteiger partial charge in [-0.05, 0) is 53.2 Å². The molecule has 1 aliphatic rings. The number of benzene rings is 2. The van der Waals surface area contributed by atoms with Crippen molar-refractivity contribution in [3.63, 3.8) is 0 Å². The molecule has 0 spiro atoms. The van der Waals surface area contributed by atoms with E-state index in [0.717, 1.165) is 17.8 Å². The molecule has 12 heteroatoms. The zero-order chi connectivity index (χ0) is 26.0. The summed E-state index contributed by atoms with van der Waals surface area (Å²) in [5, 5.41) is 24.0. The molecular formula is C24H23F3N4O4S. The highest BCUT2D eigenvalue weighted by Gasteiger charge is 2.34. The lowest BCUT2D eigenvalue weighted by Gasteiger charge is -2.19. The summed E-state index contributed by atoms with van der Waals surface area (Å²) in [5.74, 6) is -0.299. The monoisotopic (exact) mass is 520 g/mol. The van der Waals surface area contributed by atoms with Crippen molar-refractivity contribution in [2.45, 2.75) is 18.8 Å². The smallest absolute Gasteiger partial charge is 0.416 e. The molecule has 36 heavy (non-hydrogen) atoms. The van der Waals surface area contributed by atoms with E-state index in [1.807, 2.05) is 0 Å². The second-order valence-corrected chi connectivity index (χ2v) is 9.18. The van der Waals surface area contributed by atoms with Crippen molar-refractivity contribution in [3.8, 4) is 5.75 Å². The van der Waals surface area contributed by atoms with Crippen molar-refractivity contribution in [1.82, 2.24) is 14.7 Å². The van der Waals surface area contributed by atoms with Gasteiger partial charge in [0, 0.05) is 19.0 Å². The Balaban J connectivity index is 1.55. The van der Waals surface area contributed by atoms with Crippen LogP contribution in [0.2, 0.25) is 0 Å². The number of aliphatic hydroxyl groups excluding tert-OH is 2. The molecule has 2 N–H and O–H groups in total. The van der Waals surface area contributed by atoms with Crippen LogP contribution in [0.5, 0.6) is 5.75 Å². The Bertz CT molecular complexity index is 1350. The van der Waals surface area contributed by atoms with Crippen LogP contribution in [0.3, 0.4) is 0 Å². The Kier molecular flexibility index (Phi) is 7.38. The number of carbonyl (C=O) groups is 1. The number of aromatic nitrogens is 2. The lowest BCUT2D eigenvalue weighted by Crippen LogP contribution is -2.33. The van der Waals surface area contributed by atoms with Crippen LogP contribution in [-0.2, 0) is 17.5 Å². The number of alkyl halides is 3. The van der Waals surface area contributed by atoms with Gasteiger partial charge in [-0.1, -0.05) is 12.1 Å². The fraction of sp³-hybridized carbons (Fsp3) is 0.292. The molecule has 0 saturated heterocycles. The van der Waals surface area contributed by atoms with E-state index in [2.05, 4.69) is 10.1 Å². The number of carbonyl (C=O) groups excluding carboxylic acids is 1. The molecule has 1 unspecified atom stereocenters. The highest BCUT2D eigenvalue weighted by atomic mass is 32.2. The number of rotatable bonds is 7. The number of thioether (sulfide) groups is 1. The van der Waals surface area contributed by atoms with E-state index in [1.165, 1.54) is 23.9 Å². The first kappa shape index (κ1) is 25.7. The normalized spacial score (nSPS) is 16.0. The summed E-state index contributed by atoms with van der Waals surface area (Å²) in [6, 6.07) is 9.11. The van der Waals surface area contributed by atoms with Crippen LogP contribution >= 0.6 is 11.8 Å². The highest BCUT2D eigenvalue weighted by Crippen LogP contribution is 2.35. The Hall–Kier alpha value is -3.35. The Morgan fingerprint density at radius 3 is 2.72 bits per heavy atom. The second-order valence-electron chi connectivity index (χ2n) is 8.17. The number of nitrogens with zero attached hydrogens (tertiary/aromatic N) is 4. The maximum absolute atomic E-state index is 13.6. The molecule has 1 aromatic heterocycles. The van der Waals surface area contributed by atoms with Gasteiger partial charge < -0.3 is 19.8 Å². The van der Waals surface area contributed by atoms with Crippen molar-refractivity contribution in [3.05, 3.63) is 64.2 Å². The fourth-order valence-corrected chi connectivity index (χ4v) is 4.62. The van der Waals surface area contributed by atoms with E-state index in [0.29, 0.717) is 26.5 Å². The summed E-state index contributed by atoms with van der Waals surface area (Å²) in [4.78, 5) is 18.3. The minimum absolute atomic E-state index is 0.0626.